The van der Waals surface area contributed by atoms with Gasteiger partial charge in [-0.1, -0.05) is 23.7 Å². The van der Waals surface area contributed by atoms with Crippen LogP contribution in [0.1, 0.15) is 10.4 Å². The van der Waals surface area contributed by atoms with E-state index in [0.29, 0.717) is 42.4 Å². The van der Waals surface area contributed by atoms with Gasteiger partial charge < -0.3 is 14.8 Å². The van der Waals surface area contributed by atoms with Crippen LogP contribution in [0.15, 0.2) is 36.9 Å². The number of hydrogen-bond donors (Lipinski definition) is 1. The largest absolute Gasteiger partial charge is 0.351 e. The first-order valence-electron chi connectivity index (χ1n) is 7.67. The fourth-order valence-electron chi connectivity index (χ4n) is 2.92. The van der Waals surface area contributed by atoms with Crippen LogP contribution >= 0.6 is 11.6 Å². The molecule has 1 fully saturated rings. The molecule has 1 aliphatic rings. The average molecular weight is 343 g/mol. The van der Waals surface area contributed by atoms with E-state index in [1.807, 2.05) is 17.0 Å². The summed E-state index contributed by atoms with van der Waals surface area (Å²) in [4.78, 5) is 32.3. The van der Waals surface area contributed by atoms with E-state index in [4.69, 9.17) is 11.6 Å². The number of imidazole rings is 1. The van der Waals surface area contributed by atoms with Crippen LogP contribution in [0.4, 0.5) is 5.82 Å². The lowest BCUT2D eigenvalue weighted by Gasteiger charge is -2.35. The van der Waals surface area contributed by atoms with Crippen molar-refractivity contribution in [1.29, 1.82) is 0 Å². The van der Waals surface area contributed by atoms with Crippen molar-refractivity contribution in [1.82, 2.24) is 24.8 Å². The zero-order valence-corrected chi connectivity index (χ0v) is 13.6. The fourth-order valence-corrected chi connectivity index (χ4v) is 3.13. The molecule has 0 bridgehead atoms. The molecule has 0 saturated carbocycles. The maximum absolute atomic E-state index is 12.6. The number of piperazine rings is 1. The van der Waals surface area contributed by atoms with Crippen LogP contribution in [0.5, 0.6) is 0 Å². The van der Waals surface area contributed by atoms with Crippen molar-refractivity contribution in [3.63, 3.8) is 0 Å². The third kappa shape index (κ3) is 2.56. The Hall–Kier alpha value is -2.67. The van der Waals surface area contributed by atoms with Crippen LogP contribution < -0.4 is 4.90 Å². The van der Waals surface area contributed by atoms with Crippen molar-refractivity contribution >= 4 is 34.5 Å². The second-order valence-electron chi connectivity index (χ2n) is 5.56. The molecule has 4 rings (SSSR count). The van der Waals surface area contributed by atoms with Gasteiger partial charge >= 0.3 is 0 Å². The number of nitrogens with one attached hydrogen (secondary N) is 1. The number of benzene rings is 1. The average Bonchev–Trinajstić information content (AvgIpc) is 3.10. The summed E-state index contributed by atoms with van der Waals surface area (Å²) in [5.74, 6) is 0.789. The van der Waals surface area contributed by atoms with E-state index in [-0.39, 0.29) is 5.91 Å². The van der Waals surface area contributed by atoms with Gasteiger partial charge in [0.15, 0.2) is 11.5 Å². The van der Waals surface area contributed by atoms with Crippen LogP contribution in [0.25, 0.3) is 11.2 Å². The molecule has 7 nitrogen and oxygen atoms in total. The molecule has 1 amide bonds. The van der Waals surface area contributed by atoms with Gasteiger partial charge in [0.2, 0.25) is 0 Å². The molecule has 3 aromatic rings. The molecular formula is C16H15ClN6O. The van der Waals surface area contributed by atoms with Gasteiger partial charge in [-0.3, -0.25) is 4.79 Å². The molecular weight excluding hydrogens is 328 g/mol. The predicted octanol–water partition coefficient (Wildman–Crippen LogP) is 1.97. The Balaban J connectivity index is 1.50. The van der Waals surface area contributed by atoms with E-state index in [9.17, 15) is 4.79 Å². The Morgan fingerprint density at radius 3 is 2.67 bits per heavy atom. The number of fused-ring (bicyclic) bond motifs is 1. The molecule has 8 heteroatoms. The Kier molecular flexibility index (Phi) is 3.78. The summed E-state index contributed by atoms with van der Waals surface area (Å²) in [7, 11) is 0. The third-order valence-corrected chi connectivity index (χ3v) is 4.50. The topological polar surface area (TPSA) is 78.0 Å². The normalized spacial score (nSPS) is 15.0. The zero-order chi connectivity index (χ0) is 16.5. The molecule has 2 aromatic heterocycles. The number of halogens is 1. The summed E-state index contributed by atoms with van der Waals surface area (Å²) in [6.07, 6.45) is 3.12. The molecule has 0 atom stereocenters. The first-order valence-corrected chi connectivity index (χ1v) is 8.04. The van der Waals surface area contributed by atoms with Gasteiger partial charge in [0, 0.05) is 26.2 Å². The van der Waals surface area contributed by atoms with E-state index in [2.05, 4.69) is 24.8 Å². The van der Waals surface area contributed by atoms with Crippen molar-refractivity contribution in [2.24, 2.45) is 0 Å². The highest BCUT2D eigenvalue weighted by atomic mass is 35.5. The van der Waals surface area contributed by atoms with Crippen LogP contribution in [0.2, 0.25) is 5.02 Å². The molecule has 0 unspecified atom stereocenters. The van der Waals surface area contributed by atoms with Crippen LogP contribution in [0.3, 0.4) is 0 Å². The number of aromatic nitrogens is 4. The fraction of sp³-hybridized carbons (Fsp3) is 0.250. The molecule has 1 saturated heterocycles. The molecule has 1 N–H and O–H groups in total. The van der Waals surface area contributed by atoms with E-state index in [0.717, 1.165) is 11.3 Å². The number of anilines is 1. The van der Waals surface area contributed by atoms with Gasteiger partial charge in [-0.25, -0.2) is 15.0 Å². The number of carbonyl (C=O) groups is 1. The van der Waals surface area contributed by atoms with E-state index in [1.165, 1.54) is 6.33 Å². The Bertz CT molecular complexity index is 887. The Morgan fingerprint density at radius 1 is 1.08 bits per heavy atom. The summed E-state index contributed by atoms with van der Waals surface area (Å²) >= 11 is 6.13. The number of hydrogen-bond acceptors (Lipinski definition) is 5. The molecule has 3 heterocycles. The van der Waals surface area contributed by atoms with Crippen LogP contribution in [-0.4, -0.2) is 56.9 Å². The van der Waals surface area contributed by atoms with E-state index in [1.54, 1.807) is 18.5 Å². The predicted molar refractivity (Wildman–Crippen MR) is 91.3 cm³/mol. The Morgan fingerprint density at radius 2 is 1.88 bits per heavy atom. The lowest BCUT2D eigenvalue weighted by Crippen LogP contribution is -2.49. The summed E-state index contributed by atoms with van der Waals surface area (Å²) in [6, 6.07) is 7.14. The molecule has 1 aromatic carbocycles. The maximum Gasteiger partial charge on any atom is 0.255 e. The molecule has 1 aliphatic heterocycles. The van der Waals surface area contributed by atoms with E-state index >= 15 is 0 Å². The number of H-pyrrole nitrogens is 1. The third-order valence-electron chi connectivity index (χ3n) is 4.17. The standard InChI is InChI=1S/C16H15ClN6O/c17-12-4-2-1-3-11(12)16(24)23-7-5-22(6-8-23)15-13-14(19-9-18-13)20-10-21-15/h1-4,9-10H,5-8H2,(H,18,19,20,21). The summed E-state index contributed by atoms with van der Waals surface area (Å²) in [5.41, 5.74) is 2.02. The van der Waals surface area contributed by atoms with Crippen molar-refractivity contribution in [3.8, 4) is 0 Å². The van der Waals surface area contributed by atoms with Crippen LogP contribution in [-0.2, 0) is 0 Å². The highest BCUT2D eigenvalue weighted by molar-refractivity contribution is 6.33. The quantitative estimate of drug-likeness (QED) is 0.770. The minimum absolute atomic E-state index is 0.0328. The van der Waals surface area contributed by atoms with Crippen molar-refractivity contribution in [3.05, 3.63) is 47.5 Å². The maximum atomic E-state index is 12.6. The number of nitrogens with zero attached hydrogens (tertiary/aromatic N) is 5. The first kappa shape index (κ1) is 14.9. The molecule has 24 heavy (non-hydrogen) atoms. The molecule has 0 spiro atoms. The van der Waals surface area contributed by atoms with Crippen molar-refractivity contribution in [2.75, 3.05) is 31.1 Å². The van der Waals surface area contributed by atoms with Gasteiger partial charge in [-0.15, -0.1) is 0 Å². The minimum atomic E-state index is -0.0328. The zero-order valence-electron chi connectivity index (χ0n) is 12.8. The lowest BCUT2D eigenvalue weighted by atomic mass is 10.2. The monoisotopic (exact) mass is 342 g/mol. The second-order valence-corrected chi connectivity index (χ2v) is 5.96. The highest BCUT2D eigenvalue weighted by Gasteiger charge is 2.25. The van der Waals surface area contributed by atoms with Gasteiger partial charge in [0.25, 0.3) is 5.91 Å². The minimum Gasteiger partial charge on any atom is -0.351 e. The molecule has 0 radical (unpaired) electrons. The van der Waals surface area contributed by atoms with E-state index < -0.39 is 0 Å². The Labute approximate surface area is 143 Å². The highest BCUT2D eigenvalue weighted by Crippen LogP contribution is 2.22. The first-order chi connectivity index (χ1) is 11.7. The number of carbonyl (C=O) groups excluding carboxylic acids is 1. The summed E-state index contributed by atoms with van der Waals surface area (Å²) in [6.45, 7) is 2.62. The summed E-state index contributed by atoms with van der Waals surface area (Å²) < 4.78 is 0. The van der Waals surface area contributed by atoms with Gasteiger partial charge in [-0.05, 0) is 12.1 Å². The molecule has 0 aliphatic carbocycles. The van der Waals surface area contributed by atoms with Crippen LogP contribution in [0, 0.1) is 0 Å². The SMILES string of the molecule is O=C(c1ccccc1Cl)N1CCN(c2ncnc3nc[nH]c23)CC1. The van der Waals surface area contributed by atoms with Crippen molar-refractivity contribution < 1.29 is 4.79 Å². The lowest BCUT2D eigenvalue weighted by molar-refractivity contribution is 0.0747. The molecule has 122 valence electrons. The summed E-state index contributed by atoms with van der Waals surface area (Å²) in [5, 5.41) is 0.486. The smallest absolute Gasteiger partial charge is 0.255 e. The number of amides is 1. The van der Waals surface area contributed by atoms with Gasteiger partial charge in [-0.2, -0.15) is 0 Å². The van der Waals surface area contributed by atoms with Gasteiger partial charge in [0.1, 0.15) is 11.8 Å². The van der Waals surface area contributed by atoms with Crippen molar-refractivity contribution in [2.45, 2.75) is 0 Å². The second kappa shape index (κ2) is 6.09. The number of aromatic amines is 1. The number of rotatable bonds is 2. The van der Waals surface area contributed by atoms with Gasteiger partial charge in [0.05, 0.1) is 16.9 Å².